The summed E-state index contributed by atoms with van der Waals surface area (Å²) in [5, 5.41) is 8.92. The summed E-state index contributed by atoms with van der Waals surface area (Å²) in [7, 11) is 0. The Kier molecular flexibility index (Phi) is 5.17. The number of hydrogen-bond donors (Lipinski definition) is 0. The van der Waals surface area contributed by atoms with Gasteiger partial charge in [-0.1, -0.05) is 42.5 Å². The fourth-order valence-electron chi connectivity index (χ4n) is 3.03. The molecule has 4 nitrogen and oxygen atoms in total. The molecule has 0 saturated carbocycles. The fraction of sp³-hybridized carbons (Fsp3) is 0.0833. The van der Waals surface area contributed by atoms with Crippen LogP contribution in [0.15, 0.2) is 91.4 Å². The Balaban J connectivity index is 1.43. The number of para-hydroxylation sites is 1. The lowest BCUT2D eigenvalue weighted by molar-refractivity contribution is 0.482. The van der Waals surface area contributed by atoms with Crippen molar-refractivity contribution in [2.75, 3.05) is 0 Å². The second-order valence-corrected chi connectivity index (χ2v) is 6.56. The van der Waals surface area contributed by atoms with Crippen LogP contribution in [0, 0.1) is 11.3 Å². The van der Waals surface area contributed by atoms with Crippen LogP contribution in [0.4, 0.5) is 0 Å². The Labute approximate surface area is 164 Å². The van der Waals surface area contributed by atoms with Crippen LogP contribution in [0.3, 0.4) is 0 Å². The van der Waals surface area contributed by atoms with E-state index >= 15 is 0 Å². The SMILES string of the molecule is N#Cc1ccc(Cn2cncc2Cc2ccc(Oc3ccccc3)cc2)cc1. The highest BCUT2D eigenvalue weighted by Gasteiger charge is 2.06. The summed E-state index contributed by atoms with van der Waals surface area (Å²) < 4.78 is 7.98. The number of ether oxygens (including phenoxy) is 1. The molecule has 1 aromatic heterocycles. The molecule has 3 aromatic carbocycles. The summed E-state index contributed by atoms with van der Waals surface area (Å²) in [6.07, 6.45) is 4.54. The summed E-state index contributed by atoms with van der Waals surface area (Å²) in [4.78, 5) is 4.31. The summed E-state index contributed by atoms with van der Waals surface area (Å²) >= 11 is 0. The van der Waals surface area contributed by atoms with Crippen molar-refractivity contribution in [2.24, 2.45) is 0 Å². The number of nitrogens with zero attached hydrogens (tertiary/aromatic N) is 3. The van der Waals surface area contributed by atoms with Gasteiger partial charge < -0.3 is 9.30 Å². The van der Waals surface area contributed by atoms with Crippen LogP contribution >= 0.6 is 0 Å². The predicted molar refractivity (Wildman–Crippen MR) is 108 cm³/mol. The van der Waals surface area contributed by atoms with Gasteiger partial charge in [0.15, 0.2) is 0 Å². The predicted octanol–water partition coefficient (Wildman–Crippen LogP) is 5.19. The molecule has 136 valence electrons. The van der Waals surface area contributed by atoms with Gasteiger partial charge in [0.2, 0.25) is 0 Å². The Hall–Kier alpha value is -3.84. The lowest BCUT2D eigenvalue weighted by atomic mass is 10.1. The van der Waals surface area contributed by atoms with Gasteiger partial charge in [0, 0.05) is 24.9 Å². The minimum Gasteiger partial charge on any atom is -0.457 e. The molecule has 0 saturated heterocycles. The molecule has 0 aliphatic rings. The molecule has 4 aromatic rings. The van der Waals surface area contributed by atoms with E-state index in [0.717, 1.165) is 35.7 Å². The molecular formula is C24H19N3O. The van der Waals surface area contributed by atoms with Gasteiger partial charge in [-0.2, -0.15) is 5.26 Å². The van der Waals surface area contributed by atoms with Crippen molar-refractivity contribution in [2.45, 2.75) is 13.0 Å². The third-order valence-electron chi connectivity index (χ3n) is 4.52. The molecule has 0 unspecified atom stereocenters. The highest BCUT2D eigenvalue weighted by Crippen LogP contribution is 2.22. The first-order valence-electron chi connectivity index (χ1n) is 9.10. The molecule has 0 N–H and O–H groups in total. The van der Waals surface area contributed by atoms with Crippen molar-refractivity contribution in [3.8, 4) is 17.6 Å². The molecule has 28 heavy (non-hydrogen) atoms. The third-order valence-corrected chi connectivity index (χ3v) is 4.52. The van der Waals surface area contributed by atoms with E-state index < -0.39 is 0 Å². The lowest BCUT2D eigenvalue weighted by Crippen LogP contribution is -2.04. The maximum absolute atomic E-state index is 8.92. The molecule has 0 aliphatic heterocycles. The van der Waals surface area contributed by atoms with Crippen molar-refractivity contribution < 1.29 is 4.74 Å². The van der Waals surface area contributed by atoms with Gasteiger partial charge in [0.25, 0.3) is 0 Å². The van der Waals surface area contributed by atoms with E-state index in [1.807, 2.05) is 79.3 Å². The van der Waals surface area contributed by atoms with E-state index in [4.69, 9.17) is 10.00 Å². The van der Waals surface area contributed by atoms with Crippen molar-refractivity contribution in [1.29, 1.82) is 5.26 Å². The van der Waals surface area contributed by atoms with Crippen LogP contribution in [0.25, 0.3) is 0 Å². The average molecular weight is 365 g/mol. The monoisotopic (exact) mass is 365 g/mol. The van der Waals surface area contributed by atoms with Gasteiger partial charge in [-0.05, 0) is 47.5 Å². The minimum atomic E-state index is 0.674. The Bertz CT molecular complexity index is 1080. The molecular weight excluding hydrogens is 346 g/mol. The summed E-state index contributed by atoms with van der Waals surface area (Å²) in [5.74, 6) is 1.65. The summed E-state index contributed by atoms with van der Waals surface area (Å²) in [5.41, 5.74) is 4.15. The largest absolute Gasteiger partial charge is 0.457 e. The number of rotatable bonds is 6. The zero-order chi connectivity index (χ0) is 19.2. The van der Waals surface area contributed by atoms with Crippen LogP contribution < -0.4 is 4.74 Å². The van der Waals surface area contributed by atoms with E-state index in [1.54, 1.807) is 0 Å². The van der Waals surface area contributed by atoms with E-state index in [2.05, 4.69) is 27.8 Å². The lowest BCUT2D eigenvalue weighted by Gasteiger charge is -2.10. The Morgan fingerprint density at radius 2 is 1.50 bits per heavy atom. The van der Waals surface area contributed by atoms with Crippen LogP contribution in [0.5, 0.6) is 11.5 Å². The number of nitriles is 1. The number of imidazole rings is 1. The van der Waals surface area contributed by atoms with Crippen LogP contribution in [-0.2, 0) is 13.0 Å². The molecule has 0 spiro atoms. The van der Waals surface area contributed by atoms with Crippen molar-refractivity contribution in [1.82, 2.24) is 9.55 Å². The second-order valence-electron chi connectivity index (χ2n) is 6.56. The van der Waals surface area contributed by atoms with E-state index in [-0.39, 0.29) is 0 Å². The van der Waals surface area contributed by atoms with Gasteiger partial charge in [0.05, 0.1) is 18.0 Å². The van der Waals surface area contributed by atoms with Gasteiger partial charge in [-0.3, -0.25) is 0 Å². The normalized spacial score (nSPS) is 10.4. The van der Waals surface area contributed by atoms with Crippen molar-refractivity contribution in [3.05, 3.63) is 114 Å². The van der Waals surface area contributed by atoms with Crippen LogP contribution in [0.2, 0.25) is 0 Å². The van der Waals surface area contributed by atoms with Gasteiger partial charge in [-0.25, -0.2) is 4.98 Å². The Morgan fingerprint density at radius 3 is 2.21 bits per heavy atom. The maximum Gasteiger partial charge on any atom is 0.127 e. The smallest absolute Gasteiger partial charge is 0.127 e. The van der Waals surface area contributed by atoms with Gasteiger partial charge in [0.1, 0.15) is 11.5 Å². The first-order chi connectivity index (χ1) is 13.8. The third kappa shape index (κ3) is 4.28. The first-order valence-corrected chi connectivity index (χ1v) is 9.10. The molecule has 0 aliphatic carbocycles. The van der Waals surface area contributed by atoms with E-state index in [9.17, 15) is 0 Å². The van der Waals surface area contributed by atoms with E-state index in [0.29, 0.717) is 5.56 Å². The Morgan fingerprint density at radius 1 is 0.821 bits per heavy atom. The van der Waals surface area contributed by atoms with Crippen molar-refractivity contribution in [3.63, 3.8) is 0 Å². The first kappa shape index (κ1) is 17.6. The van der Waals surface area contributed by atoms with Crippen molar-refractivity contribution >= 4 is 0 Å². The number of benzene rings is 3. The zero-order valence-electron chi connectivity index (χ0n) is 15.3. The van der Waals surface area contributed by atoms with Gasteiger partial charge in [-0.15, -0.1) is 0 Å². The molecule has 1 heterocycles. The molecule has 0 fully saturated rings. The summed E-state index contributed by atoms with van der Waals surface area (Å²) in [6, 6.07) is 27.7. The average Bonchev–Trinajstić information content (AvgIpc) is 3.17. The second kappa shape index (κ2) is 8.24. The zero-order valence-corrected chi connectivity index (χ0v) is 15.3. The quantitative estimate of drug-likeness (QED) is 0.473. The topological polar surface area (TPSA) is 50.8 Å². The molecule has 0 atom stereocenters. The molecule has 0 bridgehead atoms. The molecule has 0 amide bonds. The number of hydrogen-bond acceptors (Lipinski definition) is 3. The molecule has 0 radical (unpaired) electrons. The standard InChI is InChI=1S/C24H19N3O/c25-15-20-6-8-21(9-7-20)17-27-18-26-16-22(27)14-19-10-12-24(13-11-19)28-23-4-2-1-3-5-23/h1-13,16,18H,14,17H2. The molecule has 4 heteroatoms. The fourth-order valence-corrected chi connectivity index (χ4v) is 3.03. The van der Waals surface area contributed by atoms with Crippen LogP contribution in [-0.4, -0.2) is 9.55 Å². The summed E-state index contributed by atoms with van der Waals surface area (Å²) in [6.45, 7) is 0.732. The number of aromatic nitrogens is 2. The minimum absolute atomic E-state index is 0.674. The van der Waals surface area contributed by atoms with Crippen LogP contribution in [0.1, 0.15) is 22.4 Å². The maximum atomic E-state index is 8.92. The van der Waals surface area contributed by atoms with Gasteiger partial charge >= 0.3 is 0 Å². The molecule has 4 rings (SSSR count). The highest BCUT2D eigenvalue weighted by atomic mass is 16.5. The highest BCUT2D eigenvalue weighted by molar-refractivity contribution is 5.35. The van der Waals surface area contributed by atoms with E-state index in [1.165, 1.54) is 5.56 Å².